The van der Waals surface area contributed by atoms with Crippen molar-refractivity contribution in [2.45, 2.75) is 57.4 Å². The molecule has 0 spiro atoms. The lowest BCUT2D eigenvalue weighted by Gasteiger charge is -2.56. The molecule has 1 aromatic heterocycles. The fourth-order valence-electron chi connectivity index (χ4n) is 5.61. The van der Waals surface area contributed by atoms with Crippen LogP contribution in [0.25, 0.3) is 0 Å². The molecule has 1 N–H and O–H groups in total. The maximum atomic E-state index is 4.88. The second-order valence-electron chi connectivity index (χ2n) is 7.51. The minimum absolute atomic E-state index is 0.365. The van der Waals surface area contributed by atoms with Crippen LogP contribution in [0.3, 0.4) is 0 Å². The molecule has 0 amide bonds. The minimum Gasteiger partial charge on any atom is -0.318 e. The van der Waals surface area contributed by atoms with Gasteiger partial charge in [0.2, 0.25) is 0 Å². The molecule has 1 aromatic rings. The first-order chi connectivity index (χ1) is 9.68. The van der Waals surface area contributed by atoms with Gasteiger partial charge in [-0.1, -0.05) is 0 Å². The Bertz CT molecular complexity index is 469. The Morgan fingerprint density at radius 3 is 2.30 bits per heavy atom. The molecule has 4 saturated carbocycles. The van der Waals surface area contributed by atoms with Gasteiger partial charge in [-0.05, 0) is 70.3 Å². The van der Waals surface area contributed by atoms with Crippen molar-refractivity contribution in [3.8, 4) is 0 Å². The quantitative estimate of drug-likeness (QED) is 0.916. The molecule has 110 valence electrons. The first-order valence-corrected chi connectivity index (χ1v) is 8.25. The smallest absolute Gasteiger partial charge is 0.147 e. The lowest BCUT2D eigenvalue weighted by molar-refractivity contribution is -0.0114. The summed E-state index contributed by atoms with van der Waals surface area (Å²) in [5, 5.41) is 7.91. The van der Waals surface area contributed by atoms with Crippen LogP contribution in [0.2, 0.25) is 0 Å². The van der Waals surface area contributed by atoms with Gasteiger partial charge in [0.1, 0.15) is 11.6 Å². The Hall–Kier alpha value is -0.900. The summed E-state index contributed by atoms with van der Waals surface area (Å²) in [4.78, 5) is 4.88. The average molecular weight is 274 g/mol. The Balaban J connectivity index is 1.69. The van der Waals surface area contributed by atoms with Crippen molar-refractivity contribution in [2.75, 3.05) is 13.6 Å². The summed E-state index contributed by atoms with van der Waals surface area (Å²) in [6.07, 6.45) is 8.58. The summed E-state index contributed by atoms with van der Waals surface area (Å²) in [6, 6.07) is 0. The molecule has 0 saturated heterocycles. The maximum absolute atomic E-state index is 4.88. The minimum atomic E-state index is 0.365. The number of likely N-dealkylation sites (N-methyl/N-ethyl adjacent to an activating group) is 1. The highest BCUT2D eigenvalue weighted by Gasteiger charge is 2.53. The van der Waals surface area contributed by atoms with Crippen LogP contribution in [-0.2, 0) is 12.0 Å². The first-order valence-electron chi connectivity index (χ1n) is 8.25. The van der Waals surface area contributed by atoms with E-state index >= 15 is 0 Å². The predicted octanol–water partition coefficient (Wildman–Crippen LogP) is 2.27. The number of hydrogen-bond acceptors (Lipinski definition) is 3. The van der Waals surface area contributed by atoms with Crippen molar-refractivity contribution < 1.29 is 0 Å². The van der Waals surface area contributed by atoms with E-state index in [0.29, 0.717) is 5.41 Å². The van der Waals surface area contributed by atoms with E-state index in [4.69, 9.17) is 4.98 Å². The Kier molecular flexibility index (Phi) is 2.92. The zero-order valence-corrected chi connectivity index (χ0v) is 12.7. The zero-order valence-electron chi connectivity index (χ0n) is 12.7. The molecule has 0 aromatic carbocycles. The van der Waals surface area contributed by atoms with Crippen LogP contribution in [0.4, 0.5) is 0 Å². The lowest BCUT2D eigenvalue weighted by atomic mass is 9.49. The largest absolute Gasteiger partial charge is 0.318 e. The number of aromatic nitrogens is 3. The van der Waals surface area contributed by atoms with Crippen molar-refractivity contribution in [1.82, 2.24) is 20.1 Å². The van der Waals surface area contributed by atoms with Gasteiger partial charge in [0.05, 0.1) is 6.54 Å². The van der Waals surface area contributed by atoms with Crippen molar-refractivity contribution >= 4 is 0 Å². The zero-order chi connectivity index (χ0) is 13.7. The summed E-state index contributed by atoms with van der Waals surface area (Å²) in [7, 11) is 2.01. The second-order valence-corrected chi connectivity index (χ2v) is 7.51. The monoisotopic (exact) mass is 274 g/mol. The van der Waals surface area contributed by atoms with E-state index in [1.807, 2.05) is 14.0 Å². The van der Waals surface area contributed by atoms with Gasteiger partial charge in [0, 0.05) is 12.0 Å². The molecule has 5 rings (SSSR count). The van der Waals surface area contributed by atoms with Gasteiger partial charge in [-0.3, -0.25) is 0 Å². The summed E-state index contributed by atoms with van der Waals surface area (Å²) in [5.74, 6) is 5.17. The van der Waals surface area contributed by atoms with E-state index in [0.717, 1.165) is 36.7 Å². The average Bonchev–Trinajstić information content (AvgIpc) is 2.77. The van der Waals surface area contributed by atoms with E-state index in [1.165, 1.54) is 44.3 Å². The third-order valence-electron chi connectivity index (χ3n) is 5.86. The SMILES string of the molecule is CNCCn1nc(C)nc1C12CC3CC(CC(C3)C1)C2. The molecule has 4 bridgehead atoms. The molecule has 4 nitrogen and oxygen atoms in total. The Morgan fingerprint density at radius 2 is 1.75 bits per heavy atom. The van der Waals surface area contributed by atoms with E-state index in [-0.39, 0.29) is 0 Å². The maximum Gasteiger partial charge on any atom is 0.147 e. The molecular formula is C16H26N4. The standard InChI is InChI=1S/C16H26N4/c1-11-18-15(20(19-11)4-3-17-2)16-8-12-5-13(9-16)7-14(6-12)10-16/h12-14,17H,3-10H2,1-2H3. The third kappa shape index (κ3) is 1.92. The molecule has 1 heterocycles. The molecule has 0 aliphatic heterocycles. The number of hydrogen-bond donors (Lipinski definition) is 1. The number of rotatable bonds is 4. The van der Waals surface area contributed by atoms with Gasteiger partial charge in [-0.15, -0.1) is 0 Å². The van der Waals surface area contributed by atoms with Gasteiger partial charge in [-0.2, -0.15) is 5.10 Å². The number of aryl methyl sites for hydroxylation is 1. The normalized spacial score (nSPS) is 38.6. The van der Waals surface area contributed by atoms with Gasteiger partial charge in [0.25, 0.3) is 0 Å². The van der Waals surface area contributed by atoms with Crippen molar-refractivity contribution in [1.29, 1.82) is 0 Å². The molecule has 0 unspecified atom stereocenters. The highest BCUT2D eigenvalue weighted by molar-refractivity contribution is 5.18. The molecule has 0 atom stereocenters. The summed E-state index contributed by atoms with van der Waals surface area (Å²) in [6.45, 7) is 3.97. The van der Waals surface area contributed by atoms with Crippen LogP contribution in [0.1, 0.15) is 50.2 Å². The molecule has 4 fully saturated rings. The van der Waals surface area contributed by atoms with Crippen LogP contribution in [0.5, 0.6) is 0 Å². The third-order valence-corrected chi connectivity index (χ3v) is 5.86. The topological polar surface area (TPSA) is 42.7 Å². The molecule has 4 aliphatic carbocycles. The second kappa shape index (κ2) is 4.55. The van der Waals surface area contributed by atoms with Gasteiger partial charge >= 0.3 is 0 Å². The summed E-state index contributed by atoms with van der Waals surface area (Å²) < 4.78 is 2.21. The van der Waals surface area contributed by atoms with E-state index < -0.39 is 0 Å². The highest BCUT2D eigenvalue weighted by atomic mass is 15.4. The van der Waals surface area contributed by atoms with E-state index in [2.05, 4.69) is 15.1 Å². The fourth-order valence-corrected chi connectivity index (χ4v) is 5.61. The Labute approximate surface area is 121 Å². The van der Waals surface area contributed by atoms with Crippen molar-refractivity contribution in [3.63, 3.8) is 0 Å². The summed E-state index contributed by atoms with van der Waals surface area (Å²) >= 11 is 0. The van der Waals surface area contributed by atoms with Gasteiger partial charge < -0.3 is 5.32 Å². The number of nitrogens with one attached hydrogen (secondary N) is 1. The number of nitrogens with zero attached hydrogens (tertiary/aromatic N) is 3. The molecule has 4 heteroatoms. The van der Waals surface area contributed by atoms with Crippen molar-refractivity contribution in [2.24, 2.45) is 17.8 Å². The van der Waals surface area contributed by atoms with Crippen LogP contribution in [-0.4, -0.2) is 28.4 Å². The van der Waals surface area contributed by atoms with Gasteiger partial charge in [0.15, 0.2) is 0 Å². The van der Waals surface area contributed by atoms with E-state index in [9.17, 15) is 0 Å². The highest BCUT2D eigenvalue weighted by Crippen LogP contribution is 2.60. The lowest BCUT2D eigenvalue weighted by Crippen LogP contribution is -2.50. The van der Waals surface area contributed by atoms with Crippen molar-refractivity contribution in [3.05, 3.63) is 11.6 Å². The van der Waals surface area contributed by atoms with Crippen LogP contribution >= 0.6 is 0 Å². The molecule has 20 heavy (non-hydrogen) atoms. The van der Waals surface area contributed by atoms with Crippen LogP contribution in [0, 0.1) is 24.7 Å². The summed E-state index contributed by atoms with van der Waals surface area (Å²) in [5.41, 5.74) is 0.365. The van der Waals surface area contributed by atoms with Gasteiger partial charge in [-0.25, -0.2) is 9.67 Å². The molecular weight excluding hydrogens is 248 g/mol. The molecule has 0 radical (unpaired) electrons. The first kappa shape index (κ1) is 12.8. The van der Waals surface area contributed by atoms with Crippen LogP contribution < -0.4 is 5.32 Å². The molecule has 4 aliphatic rings. The van der Waals surface area contributed by atoms with Crippen LogP contribution in [0.15, 0.2) is 0 Å². The van der Waals surface area contributed by atoms with E-state index in [1.54, 1.807) is 0 Å². The Morgan fingerprint density at radius 1 is 1.15 bits per heavy atom. The predicted molar refractivity (Wildman–Crippen MR) is 78.5 cm³/mol. The fraction of sp³-hybridized carbons (Fsp3) is 0.875.